The summed E-state index contributed by atoms with van der Waals surface area (Å²) in [5.74, 6) is 0.776. The first-order valence-electron chi connectivity index (χ1n) is 9.95. The fourth-order valence-electron chi connectivity index (χ4n) is 3.46. The zero-order chi connectivity index (χ0) is 20.2. The summed E-state index contributed by atoms with van der Waals surface area (Å²) in [5.41, 5.74) is 3.58. The van der Waals surface area contributed by atoms with Crippen molar-refractivity contribution in [2.45, 2.75) is 26.8 Å². The van der Waals surface area contributed by atoms with Gasteiger partial charge in [-0.1, -0.05) is 25.1 Å². The van der Waals surface area contributed by atoms with Crippen LogP contribution in [0.15, 0.2) is 54.7 Å². The highest BCUT2D eigenvalue weighted by Gasteiger charge is 2.17. The minimum Gasteiger partial charge on any atom is -0.494 e. The molecule has 1 amide bonds. The highest BCUT2D eigenvalue weighted by Crippen LogP contribution is 2.32. The summed E-state index contributed by atoms with van der Waals surface area (Å²) >= 11 is 0. The molecule has 0 bridgehead atoms. The van der Waals surface area contributed by atoms with Gasteiger partial charge in [0, 0.05) is 29.1 Å². The molecule has 0 aliphatic rings. The number of rotatable bonds is 7. The summed E-state index contributed by atoms with van der Waals surface area (Å²) in [6.45, 7) is 5.45. The van der Waals surface area contributed by atoms with E-state index < -0.39 is 0 Å². The van der Waals surface area contributed by atoms with Crippen LogP contribution in [0.1, 0.15) is 20.3 Å². The number of fused-ring (bicyclic) bond motifs is 3. The van der Waals surface area contributed by atoms with Gasteiger partial charge in [-0.05, 0) is 43.7 Å². The third kappa shape index (κ3) is 3.78. The molecule has 4 aromatic rings. The summed E-state index contributed by atoms with van der Waals surface area (Å²) in [6.07, 6.45) is 2.74. The zero-order valence-electron chi connectivity index (χ0n) is 16.7. The van der Waals surface area contributed by atoms with Crippen LogP contribution in [0.2, 0.25) is 0 Å². The first-order chi connectivity index (χ1) is 14.2. The Morgan fingerprint density at radius 3 is 2.62 bits per heavy atom. The number of pyridine rings is 1. The zero-order valence-corrected chi connectivity index (χ0v) is 16.7. The fraction of sp³-hybridized carbons (Fsp3) is 0.261. The molecule has 6 nitrogen and oxygen atoms in total. The van der Waals surface area contributed by atoms with Crippen LogP contribution in [0.25, 0.3) is 33.1 Å². The molecular weight excluding hydrogens is 364 g/mol. The van der Waals surface area contributed by atoms with Crippen molar-refractivity contribution in [1.29, 1.82) is 0 Å². The second kappa shape index (κ2) is 8.31. The first-order valence-corrected chi connectivity index (χ1v) is 9.95. The second-order valence-corrected chi connectivity index (χ2v) is 6.85. The van der Waals surface area contributed by atoms with Gasteiger partial charge in [0.25, 0.3) is 0 Å². The first kappa shape index (κ1) is 18.9. The van der Waals surface area contributed by atoms with Crippen molar-refractivity contribution in [2.75, 3.05) is 13.2 Å². The van der Waals surface area contributed by atoms with E-state index in [0.29, 0.717) is 13.2 Å². The SMILES string of the molecule is CCCNC(=O)Cn1nc(-c2ccc(OCC)cc2)c2cnc3ccccc3c21. The Hall–Kier alpha value is -3.41. The maximum atomic E-state index is 12.4. The smallest absolute Gasteiger partial charge is 0.241 e. The van der Waals surface area contributed by atoms with Gasteiger partial charge in [-0.2, -0.15) is 5.10 Å². The van der Waals surface area contributed by atoms with Crippen LogP contribution in [-0.2, 0) is 11.3 Å². The molecule has 0 aliphatic carbocycles. The Morgan fingerprint density at radius 1 is 1.07 bits per heavy atom. The molecule has 0 saturated heterocycles. The number of hydrogen-bond acceptors (Lipinski definition) is 4. The summed E-state index contributed by atoms with van der Waals surface area (Å²) in [5, 5.41) is 9.65. The van der Waals surface area contributed by atoms with Gasteiger partial charge in [0.1, 0.15) is 18.0 Å². The standard InChI is InChI=1S/C23H24N4O2/c1-3-13-24-21(28)15-27-23-18-7-5-6-8-20(18)25-14-19(23)22(26-27)16-9-11-17(12-10-16)29-4-2/h5-12,14H,3-4,13,15H2,1-2H3,(H,24,28). The van der Waals surface area contributed by atoms with Gasteiger partial charge in [0.2, 0.25) is 5.91 Å². The number of carbonyl (C=O) groups is 1. The molecule has 148 valence electrons. The molecular formula is C23H24N4O2. The molecule has 0 radical (unpaired) electrons. The van der Waals surface area contributed by atoms with Gasteiger partial charge in [0.15, 0.2) is 0 Å². The minimum absolute atomic E-state index is 0.0459. The average Bonchev–Trinajstić information content (AvgIpc) is 3.12. The summed E-state index contributed by atoms with van der Waals surface area (Å²) in [7, 11) is 0. The van der Waals surface area contributed by atoms with Crippen LogP contribution in [0.4, 0.5) is 0 Å². The molecule has 0 fully saturated rings. The quantitative estimate of drug-likeness (QED) is 0.516. The Morgan fingerprint density at radius 2 is 1.86 bits per heavy atom. The number of ether oxygens (including phenoxy) is 1. The van der Waals surface area contributed by atoms with E-state index in [1.165, 1.54) is 0 Å². The van der Waals surface area contributed by atoms with Crippen LogP contribution in [0, 0.1) is 0 Å². The average molecular weight is 388 g/mol. The molecule has 0 spiro atoms. The van der Waals surface area contributed by atoms with Crippen LogP contribution in [-0.4, -0.2) is 33.8 Å². The molecule has 2 heterocycles. The molecule has 2 aromatic heterocycles. The topological polar surface area (TPSA) is 69.0 Å². The number of para-hydroxylation sites is 1. The second-order valence-electron chi connectivity index (χ2n) is 6.85. The predicted octanol–water partition coefficient (Wildman–Crippen LogP) is 4.18. The lowest BCUT2D eigenvalue weighted by Crippen LogP contribution is -2.28. The van der Waals surface area contributed by atoms with Gasteiger partial charge in [-0.25, -0.2) is 0 Å². The number of amides is 1. The van der Waals surface area contributed by atoms with Crippen molar-refractivity contribution in [3.8, 4) is 17.0 Å². The largest absolute Gasteiger partial charge is 0.494 e. The molecule has 2 aromatic carbocycles. The van der Waals surface area contributed by atoms with Gasteiger partial charge < -0.3 is 10.1 Å². The Bertz CT molecular complexity index is 1150. The maximum absolute atomic E-state index is 12.4. The molecule has 0 aliphatic heterocycles. The molecule has 0 unspecified atom stereocenters. The lowest BCUT2D eigenvalue weighted by atomic mass is 10.1. The van der Waals surface area contributed by atoms with Crippen LogP contribution >= 0.6 is 0 Å². The van der Waals surface area contributed by atoms with Gasteiger partial charge >= 0.3 is 0 Å². The predicted molar refractivity (Wildman–Crippen MR) is 115 cm³/mol. The van der Waals surface area contributed by atoms with Crippen molar-refractivity contribution >= 4 is 27.7 Å². The van der Waals surface area contributed by atoms with E-state index in [2.05, 4.69) is 10.3 Å². The third-order valence-corrected chi connectivity index (χ3v) is 4.79. The van der Waals surface area contributed by atoms with Gasteiger partial charge in [-0.3, -0.25) is 14.5 Å². The lowest BCUT2D eigenvalue weighted by molar-refractivity contribution is -0.121. The Balaban J connectivity index is 1.84. The number of benzene rings is 2. The molecule has 6 heteroatoms. The highest BCUT2D eigenvalue weighted by molar-refractivity contribution is 6.08. The molecule has 0 atom stereocenters. The number of hydrogen-bond donors (Lipinski definition) is 1. The Kier molecular flexibility index (Phi) is 5.42. The monoisotopic (exact) mass is 388 g/mol. The van der Waals surface area contributed by atoms with Crippen molar-refractivity contribution < 1.29 is 9.53 Å². The van der Waals surface area contributed by atoms with Crippen molar-refractivity contribution in [3.05, 3.63) is 54.7 Å². The van der Waals surface area contributed by atoms with E-state index in [0.717, 1.165) is 45.2 Å². The number of nitrogens with zero attached hydrogens (tertiary/aromatic N) is 3. The van der Waals surface area contributed by atoms with Gasteiger partial charge in [-0.15, -0.1) is 0 Å². The molecule has 29 heavy (non-hydrogen) atoms. The van der Waals surface area contributed by atoms with Crippen molar-refractivity contribution in [3.63, 3.8) is 0 Å². The number of nitrogens with one attached hydrogen (secondary N) is 1. The minimum atomic E-state index is -0.0459. The normalized spacial score (nSPS) is 11.1. The summed E-state index contributed by atoms with van der Waals surface area (Å²) in [4.78, 5) is 17.0. The van der Waals surface area contributed by atoms with Crippen LogP contribution < -0.4 is 10.1 Å². The van der Waals surface area contributed by atoms with E-state index in [1.54, 1.807) is 4.68 Å². The molecule has 0 saturated carbocycles. The number of carbonyl (C=O) groups excluding carboxylic acids is 1. The van der Waals surface area contributed by atoms with E-state index in [9.17, 15) is 4.79 Å². The van der Waals surface area contributed by atoms with E-state index in [4.69, 9.17) is 9.84 Å². The Labute approximate surface area is 169 Å². The molecule has 1 N–H and O–H groups in total. The van der Waals surface area contributed by atoms with Crippen molar-refractivity contribution in [1.82, 2.24) is 20.1 Å². The van der Waals surface area contributed by atoms with E-state index in [1.807, 2.05) is 68.6 Å². The fourth-order valence-corrected chi connectivity index (χ4v) is 3.46. The van der Waals surface area contributed by atoms with Gasteiger partial charge in [0.05, 0.1) is 17.6 Å². The van der Waals surface area contributed by atoms with E-state index in [-0.39, 0.29) is 12.5 Å². The molecule has 4 rings (SSSR count). The third-order valence-electron chi connectivity index (χ3n) is 4.79. The van der Waals surface area contributed by atoms with Crippen molar-refractivity contribution in [2.24, 2.45) is 0 Å². The summed E-state index contributed by atoms with van der Waals surface area (Å²) in [6, 6.07) is 15.8. The van der Waals surface area contributed by atoms with E-state index >= 15 is 0 Å². The number of aromatic nitrogens is 3. The maximum Gasteiger partial charge on any atom is 0.241 e. The lowest BCUT2D eigenvalue weighted by Gasteiger charge is -2.06. The summed E-state index contributed by atoms with van der Waals surface area (Å²) < 4.78 is 7.33. The van der Waals surface area contributed by atoms with Crippen LogP contribution in [0.5, 0.6) is 5.75 Å². The highest BCUT2D eigenvalue weighted by atomic mass is 16.5. The van der Waals surface area contributed by atoms with Crippen LogP contribution in [0.3, 0.4) is 0 Å².